The van der Waals surface area contributed by atoms with E-state index in [1.165, 1.54) is 0 Å². The minimum absolute atomic E-state index is 0.0556. The van der Waals surface area contributed by atoms with E-state index in [0.717, 1.165) is 12.7 Å². The molecular formula is C5H12N2O. The fourth-order valence-electron chi connectivity index (χ4n) is 0.460. The molecule has 0 heterocycles. The first kappa shape index (κ1) is 7.59. The van der Waals surface area contributed by atoms with E-state index in [9.17, 15) is 4.79 Å². The molecule has 0 aliphatic heterocycles. The molecule has 1 atom stereocenters. The van der Waals surface area contributed by atoms with Crippen molar-refractivity contribution in [3.63, 3.8) is 0 Å². The minimum atomic E-state index is -0.0556. The molecular weight excluding hydrogens is 104 g/mol. The fourth-order valence-corrected chi connectivity index (χ4v) is 0.460. The number of hydrogen-bond donors (Lipinski definition) is 2. The molecule has 0 aliphatic carbocycles. The summed E-state index contributed by atoms with van der Waals surface area (Å²) in [4.78, 5) is 10.0. The lowest BCUT2D eigenvalue weighted by Gasteiger charge is -2.03. The van der Waals surface area contributed by atoms with Crippen molar-refractivity contribution >= 4 is 6.29 Å². The lowest BCUT2D eigenvalue weighted by Crippen LogP contribution is -2.28. The molecule has 0 saturated carbocycles. The SMILES string of the molecule is CNC(C=O)CCN. The Hall–Kier alpha value is -0.410. The Bertz CT molecular complexity index is 65.4. The van der Waals surface area contributed by atoms with Crippen LogP contribution in [0, 0.1) is 0 Å². The smallest absolute Gasteiger partial charge is 0.136 e. The van der Waals surface area contributed by atoms with Gasteiger partial charge in [0.25, 0.3) is 0 Å². The summed E-state index contributed by atoms with van der Waals surface area (Å²) < 4.78 is 0. The van der Waals surface area contributed by atoms with Crippen LogP contribution in [0.4, 0.5) is 0 Å². The second-order valence-electron chi connectivity index (χ2n) is 1.61. The van der Waals surface area contributed by atoms with Crippen LogP contribution in [0.3, 0.4) is 0 Å². The van der Waals surface area contributed by atoms with Crippen molar-refractivity contribution in [2.75, 3.05) is 13.6 Å². The van der Waals surface area contributed by atoms with Crippen molar-refractivity contribution in [3.8, 4) is 0 Å². The zero-order valence-electron chi connectivity index (χ0n) is 5.05. The zero-order valence-corrected chi connectivity index (χ0v) is 5.05. The van der Waals surface area contributed by atoms with Crippen molar-refractivity contribution in [1.82, 2.24) is 5.32 Å². The number of likely N-dealkylation sites (N-methyl/N-ethyl adjacent to an activating group) is 1. The van der Waals surface area contributed by atoms with E-state index in [-0.39, 0.29) is 6.04 Å². The highest BCUT2D eigenvalue weighted by Crippen LogP contribution is 1.80. The first-order valence-corrected chi connectivity index (χ1v) is 2.67. The van der Waals surface area contributed by atoms with Crippen LogP contribution < -0.4 is 11.1 Å². The maximum absolute atomic E-state index is 10.0. The Morgan fingerprint density at radius 2 is 2.50 bits per heavy atom. The molecule has 0 rings (SSSR count). The van der Waals surface area contributed by atoms with Crippen molar-refractivity contribution in [3.05, 3.63) is 0 Å². The van der Waals surface area contributed by atoms with Crippen molar-refractivity contribution in [2.45, 2.75) is 12.5 Å². The predicted octanol–water partition coefficient (Wildman–Crippen LogP) is -0.878. The topological polar surface area (TPSA) is 55.1 Å². The Kier molecular flexibility index (Phi) is 4.50. The number of hydrogen-bond acceptors (Lipinski definition) is 3. The monoisotopic (exact) mass is 116 g/mol. The second-order valence-corrected chi connectivity index (χ2v) is 1.61. The maximum atomic E-state index is 10.0. The summed E-state index contributed by atoms with van der Waals surface area (Å²) in [6.07, 6.45) is 1.59. The summed E-state index contributed by atoms with van der Waals surface area (Å²) in [5.74, 6) is 0. The van der Waals surface area contributed by atoms with Crippen LogP contribution >= 0.6 is 0 Å². The third-order valence-corrected chi connectivity index (χ3v) is 1.01. The summed E-state index contributed by atoms with van der Waals surface area (Å²) in [6, 6.07) is -0.0556. The molecule has 0 aromatic carbocycles. The van der Waals surface area contributed by atoms with E-state index >= 15 is 0 Å². The number of aldehydes is 1. The van der Waals surface area contributed by atoms with Gasteiger partial charge in [0.1, 0.15) is 6.29 Å². The average molecular weight is 116 g/mol. The summed E-state index contributed by atoms with van der Waals surface area (Å²) in [5, 5.41) is 2.80. The molecule has 0 spiro atoms. The van der Waals surface area contributed by atoms with Gasteiger partial charge < -0.3 is 15.8 Å². The Morgan fingerprint density at radius 3 is 2.62 bits per heavy atom. The Balaban J connectivity index is 3.21. The number of rotatable bonds is 4. The lowest BCUT2D eigenvalue weighted by atomic mass is 10.2. The van der Waals surface area contributed by atoms with Gasteiger partial charge in [-0.3, -0.25) is 0 Å². The molecule has 48 valence electrons. The molecule has 3 N–H and O–H groups in total. The van der Waals surface area contributed by atoms with Gasteiger partial charge in [0, 0.05) is 0 Å². The predicted molar refractivity (Wildman–Crippen MR) is 32.6 cm³/mol. The number of nitrogens with one attached hydrogen (secondary N) is 1. The molecule has 1 unspecified atom stereocenters. The first-order chi connectivity index (χ1) is 3.85. The quantitative estimate of drug-likeness (QED) is 0.469. The summed E-state index contributed by atoms with van der Waals surface area (Å²) in [5.41, 5.74) is 5.18. The first-order valence-electron chi connectivity index (χ1n) is 2.67. The molecule has 0 fully saturated rings. The van der Waals surface area contributed by atoms with Gasteiger partial charge in [-0.25, -0.2) is 0 Å². The molecule has 0 aliphatic rings. The van der Waals surface area contributed by atoms with E-state index in [0.29, 0.717) is 6.54 Å². The number of carbonyl (C=O) groups is 1. The molecule has 8 heavy (non-hydrogen) atoms. The molecule has 0 bridgehead atoms. The fraction of sp³-hybridized carbons (Fsp3) is 0.800. The van der Waals surface area contributed by atoms with E-state index < -0.39 is 0 Å². The third-order valence-electron chi connectivity index (χ3n) is 1.01. The van der Waals surface area contributed by atoms with Gasteiger partial charge in [0.05, 0.1) is 6.04 Å². The Morgan fingerprint density at radius 1 is 1.88 bits per heavy atom. The lowest BCUT2D eigenvalue weighted by molar-refractivity contribution is -0.109. The summed E-state index contributed by atoms with van der Waals surface area (Å²) >= 11 is 0. The zero-order chi connectivity index (χ0) is 6.41. The highest BCUT2D eigenvalue weighted by atomic mass is 16.1. The van der Waals surface area contributed by atoms with Crippen molar-refractivity contribution in [1.29, 1.82) is 0 Å². The van der Waals surface area contributed by atoms with E-state index in [1.807, 2.05) is 0 Å². The molecule has 0 radical (unpaired) electrons. The van der Waals surface area contributed by atoms with Crippen LogP contribution in [0.25, 0.3) is 0 Å². The molecule has 0 aromatic heterocycles. The van der Waals surface area contributed by atoms with Crippen LogP contribution in [0.2, 0.25) is 0 Å². The van der Waals surface area contributed by atoms with Gasteiger partial charge in [-0.2, -0.15) is 0 Å². The highest BCUT2D eigenvalue weighted by Gasteiger charge is 1.98. The van der Waals surface area contributed by atoms with Crippen molar-refractivity contribution in [2.24, 2.45) is 5.73 Å². The maximum Gasteiger partial charge on any atom is 0.136 e. The second kappa shape index (κ2) is 4.74. The molecule has 3 nitrogen and oxygen atoms in total. The molecule has 0 saturated heterocycles. The van der Waals surface area contributed by atoms with E-state index in [2.05, 4.69) is 5.32 Å². The Labute approximate surface area is 49.3 Å². The van der Waals surface area contributed by atoms with Gasteiger partial charge in [-0.05, 0) is 20.0 Å². The van der Waals surface area contributed by atoms with Gasteiger partial charge in [-0.1, -0.05) is 0 Å². The largest absolute Gasteiger partial charge is 0.330 e. The molecule has 0 amide bonds. The van der Waals surface area contributed by atoms with E-state index in [1.54, 1.807) is 7.05 Å². The van der Waals surface area contributed by atoms with Gasteiger partial charge in [0.2, 0.25) is 0 Å². The molecule has 0 aromatic rings. The van der Waals surface area contributed by atoms with Gasteiger partial charge in [-0.15, -0.1) is 0 Å². The normalized spacial score (nSPS) is 13.2. The number of carbonyl (C=O) groups excluding carboxylic acids is 1. The third kappa shape index (κ3) is 2.71. The summed E-state index contributed by atoms with van der Waals surface area (Å²) in [6.45, 7) is 0.560. The highest BCUT2D eigenvalue weighted by molar-refractivity contribution is 5.57. The average Bonchev–Trinajstić information content (AvgIpc) is 1.83. The van der Waals surface area contributed by atoms with Crippen LogP contribution in [0.5, 0.6) is 0 Å². The number of nitrogens with two attached hydrogens (primary N) is 1. The van der Waals surface area contributed by atoms with Gasteiger partial charge in [0.15, 0.2) is 0 Å². The summed E-state index contributed by atoms with van der Waals surface area (Å²) in [7, 11) is 1.74. The standard InChI is InChI=1S/C5H12N2O/c1-7-5(4-8)2-3-6/h4-5,7H,2-3,6H2,1H3. The molecule has 3 heteroatoms. The van der Waals surface area contributed by atoms with Gasteiger partial charge >= 0.3 is 0 Å². The van der Waals surface area contributed by atoms with Crippen LogP contribution in [0.1, 0.15) is 6.42 Å². The van der Waals surface area contributed by atoms with E-state index in [4.69, 9.17) is 5.73 Å². The van der Waals surface area contributed by atoms with Crippen molar-refractivity contribution < 1.29 is 4.79 Å². The van der Waals surface area contributed by atoms with Crippen LogP contribution in [-0.4, -0.2) is 25.9 Å². The van der Waals surface area contributed by atoms with Crippen LogP contribution in [0.15, 0.2) is 0 Å². The minimum Gasteiger partial charge on any atom is -0.330 e. The van der Waals surface area contributed by atoms with Crippen LogP contribution in [-0.2, 0) is 4.79 Å².